The van der Waals surface area contributed by atoms with Crippen molar-refractivity contribution in [2.75, 3.05) is 59.4 Å². The van der Waals surface area contributed by atoms with Gasteiger partial charge in [-0.3, -0.25) is 0 Å². The first-order valence-corrected chi connectivity index (χ1v) is 9.74. The van der Waals surface area contributed by atoms with Crippen molar-refractivity contribution in [1.29, 1.82) is 0 Å². The summed E-state index contributed by atoms with van der Waals surface area (Å²) >= 11 is 0. The number of quaternary nitrogens is 1. The lowest BCUT2D eigenvalue weighted by Crippen LogP contribution is -2.48. The minimum Gasteiger partial charge on any atom is -0.748 e. The molecular weight excluding hydrogens is 306 g/mol. The van der Waals surface area contributed by atoms with Gasteiger partial charge >= 0.3 is 0 Å². The van der Waals surface area contributed by atoms with Crippen LogP contribution >= 0.6 is 0 Å². The Hall–Kier alpha value is -0.210. The summed E-state index contributed by atoms with van der Waals surface area (Å²) in [5.41, 5.74) is 0. The number of methoxy groups -OCH3 is 1. The van der Waals surface area contributed by atoms with Crippen molar-refractivity contribution in [2.24, 2.45) is 0 Å². The number of ether oxygens (including phenoxy) is 2. The van der Waals surface area contributed by atoms with Gasteiger partial charge in [0.15, 0.2) is 0 Å². The second-order valence-corrected chi connectivity index (χ2v) is 7.60. The van der Waals surface area contributed by atoms with Gasteiger partial charge < -0.3 is 18.5 Å². The van der Waals surface area contributed by atoms with E-state index < -0.39 is 10.1 Å². The highest BCUT2D eigenvalue weighted by Crippen LogP contribution is 2.10. The highest BCUT2D eigenvalue weighted by molar-refractivity contribution is 7.85. The zero-order chi connectivity index (χ0) is 16.9. The van der Waals surface area contributed by atoms with E-state index in [-0.39, 0.29) is 5.75 Å². The van der Waals surface area contributed by atoms with Gasteiger partial charge in [-0.2, -0.15) is 0 Å². The lowest BCUT2D eigenvalue weighted by molar-refractivity contribution is -0.910. The van der Waals surface area contributed by atoms with Crippen molar-refractivity contribution >= 4 is 10.1 Å². The minimum atomic E-state index is -4.09. The maximum atomic E-state index is 10.6. The fraction of sp³-hybridized carbons (Fsp3) is 1.00. The molecule has 0 heterocycles. The molecule has 0 bridgehead atoms. The molecule has 0 aliphatic heterocycles. The standard InChI is InChI=1S/C15H33NO5S/c1-4-5-6-9-16(2,11-12-21-14-13-20-3)10-7-8-15-22(17,18)19/h4-15H2,1-3H3. The van der Waals surface area contributed by atoms with E-state index in [4.69, 9.17) is 9.47 Å². The Kier molecular flexibility index (Phi) is 12.1. The van der Waals surface area contributed by atoms with Crippen LogP contribution < -0.4 is 0 Å². The molecule has 7 heteroatoms. The molecule has 6 nitrogen and oxygen atoms in total. The Balaban J connectivity index is 4.14. The van der Waals surface area contributed by atoms with Crippen LogP contribution in [0.5, 0.6) is 0 Å². The van der Waals surface area contributed by atoms with Gasteiger partial charge in [-0.15, -0.1) is 0 Å². The third-order valence-corrected chi connectivity index (χ3v) is 4.64. The number of nitrogens with zero attached hydrogens (tertiary/aromatic N) is 1. The normalized spacial score (nSPS) is 14.9. The molecule has 0 aliphatic rings. The summed E-state index contributed by atoms with van der Waals surface area (Å²) < 4.78 is 43.3. The smallest absolute Gasteiger partial charge is 0.102 e. The maximum absolute atomic E-state index is 10.6. The largest absolute Gasteiger partial charge is 0.748 e. The van der Waals surface area contributed by atoms with E-state index in [2.05, 4.69) is 14.0 Å². The summed E-state index contributed by atoms with van der Waals surface area (Å²) in [4.78, 5) is 0. The number of hydrogen-bond donors (Lipinski definition) is 0. The zero-order valence-electron chi connectivity index (χ0n) is 14.4. The lowest BCUT2D eigenvalue weighted by Gasteiger charge is -2.35. The second-order valence-electron chi connectivity index (χ2n) is 6.07. The monoisotopic (exact) mass is 339 g/mol. The molecule has 22 heavy (non-hydrogen) atoms. The first-order chi connectivity index (χ1) is 10.3. The van der Waals surface area contributed by atoms with E-state index in [1.54, 1.807) is 7.11 Å². The molecule has 0 radical (unpaired) electrons. The Morgan fingerprint density at radius 3 is 2.14 bits per heavy atom. The van der Waals surface area contributed by atoms with Gasteiger partial charge in [0.05, 0.1) is 50.1 Å². The third-order valence-electron chi connectivity index (χ3n) is 3.85. The minimum absolute atomic E-state index is 0.258. The van der Waals surface area contributed by atoms with Crippen LogP contribution in [0.2, 0.25) is 0 Å². The molecule has 0 aromatic carbocycles. The maximum Gasteiger partial charge on any atom is 0.102 e. The van der Waals surface area contributed by atoms with Crippen LogP contribution in [-0.2, 0) is 19.6 Å². The molecule has 1 atom stereocenters. The van der Waals surface area contributed by atoms with Gasteiger partial charge in [-0.05, 0) is 25.7 Å². The summed E-state index contributed by atoms with van der Waals surface area (Å²) in [7, 11) is -0.253. The van der Waals surface area contributed by atoms with Crippen molar-refractivity contribution in [1.82, 2.24) is 0 Å². The fourth-order valence-electron chi connectivity index (χ4n) is 2.38. The summed E-state index contributed by atoms with van der Waals surface area (Å²) in [5.74, 6) is -0.258. The molecule has 0 amide bonds. The number of rotatable bonds is 15. The molecular formula is C15H33NO5S. The Morgan fingerprint density at radius 1 is 0.955 bits per heavy atom. The van der Waals surface area contributed by atoms with Gasteiger partial charge in [0.25, 0.3) is 0 Å². The molecule has 1 unspecified atom stereocenters. The molecule has 0 N–H and O–H groups in total. The molecule has 0 saturated carbocycles. The van der Waals surface area contributed by atoms with Crippen molar-refractivity contribution in [3.8, 4) is 0 Å². The van der Waals surface area contributed by atoms with E-state index in [9.17, 15) is 13.0 Å². The molecule has 0 rings (SSSR count). The molecule has 0 fully saturated rings. The fourth-order valence-corrected chi connectivity index (χ4v) is 2.94. The molecule has 134 valence electrons. The van der Waals surface area contributed by atoms with Gasteiger partial charge in [-0.25, -0.2) is 8.42 Å². The second kappa shape index (κ2) is 12.2. The van der Waals surface area contributed by atoms with Crippen LogP contribution in [0.25, 0.3) is 0 Å². The Bertz CT molecular complexity index is 361. The van der Waals surface area contributed by atoms with Crippen LogP contribution in [0.1, 0.15) is 39.0 Å². The first kappa shape index (κ1) is 21.8. The van der Waals surface area contributed by atoms with Crippen molar-refractivity contribution in [2.45, 2.75) is 39.0 Å². The van der Waals surface area contributed by atoms with Crippen LogP contribution in [0.3, 0.4) is 0 Å². The number of hydrogen-bond acceptors (Lipinski definition) is 5. The summed E-state index contributed by atoms with van der Waals surface area (Å²) in [6.45, 7) is 6.89. The third kappa shape index (κ3) is 13.5. The number of likely N-dealkylation sites (N-methyl/N-ethyl adjacent to an activating group) is 1. The first-order valence-electron chi connectivity index (χ1n) is 8.17. The highest BCUT2D eigenvalue weighted by atomic mass is 32.2. The SMILES string of the molecule is CCCCC[N+](C)(CCCCS(=O)(=O)[O-])CCOCCOC. The molecule has 0 spiro atoms. The van der Waals surface area contributed by atoms with Gasteiger partial charge in [-0.1, -0.05) is 13.3 Å². The van der Waals surface area contributed by atoms with Crippen LogP contribution in [-0.4, -0.2) is 76.8 Å². The predicted molar refractivity (Wildman–Crippen MR) is 86.8 cm³/mol. The van der Waals surface area contributed by atoms with Gasteiger partial charge in [0.2, 0.25) is 0 Å². The quantitative estimate of drug-likeness (QED) is 0.257. The zero-order valence-corrected chi connectivity index (χ0v) is 15.2. The summed E-state index contributed by atoms with van der Waals surface area (Å²) in [5, 5.41) is 0. The van der Waals surface area contributed by atoms with Crippen molar-refractivity contribution < 1.29 is 26.9 Å². The van der Waals surface area contributed by atoms with Crippen molar-refractivity contribution in [3.05, 3.63) is 0 Å². The molecule has 0 aromatic heterocycles. The van der Waals surface area contributed by atoms with E-state index in [0.717, 1.165) is 37.0 Å². The van der Waals surface area contributed by atoms with E-state index in [1.807, 2.05) is 0 Å². The Morgan fingerprint density at radius 2 is 1.59 bits per heavy atom. The molecule has 0 aliphatic carbocycles. The average molecular weight is 339 g/mol. The number of unbranched alkanes of at least 4 members (excludes halogenated alkanes) is 3. The summed E-state index contributed by atoms with van der Waals surface area (Å²) in [6.07, 6.45) is 4.73. The summed E-state index contributed by atoms with van der Waals surface area (Å²) in [6, 6.07) is 0. The van der Waals surface area contributed by atoms with Gasteiger partial charge in [0, 0.05) is 12.9 Å². The predicted octanol–water partition coefficient (Wildman–Crippen LogP) is 1.61. The van der Waals surface area contributed by atoms with Crippen molar-refractivity contribution in [3.63, 3.8) is 0 Å². The average Bonchev–Trinajstić information content (AvgIpc) is 2.43. The highest BCUT2D eigenvalue weighted by Gasteiger charge is 2.20. The van der Waals surface area contributed by atoms with E-state index >= 15 is 0 Å². The molecule has 0 saturated heterocycles. The topological polar surface area (TPSA) is 75.7 Å². The lowest BCUT2D eigenvalue weighted by atomic mass is 10.2. The Labute approximate surface area is 136 Å². The van der Waals surface area contributed by atoms with Crippen LogP contribution in [0, 0.1) is 0 Å². The van der Waals surface area contributed by atoms with Gasteiger partial charge in [0.1, 0.15) is 6.54 Å². The van der Waals surface area contributed by atoms with Crippen LogP contribution in [0.15, 0.2) is 0 Å². The van der Waals surface area contributed by atoms with E-state index in [0.29, 0.717) is 26.2 Å². The van der Waals surface area contributed by atoms with E-state index in [1.165, 1.54) is 12.8 Å². The van der Waals surface area contributed by atoms with Crippen LogP contribution in [0.4, 0.5) is 0 Å². The molecule has 0 aromatic rings.